The highest BCUT2D eigenvalue weighted by molar-refractivity contribution is 6.03. The van der Waals surface area contributed by atoms with Gasteiger partial charge < -0.3 is 10.4 Å². The van der Waals surface area contributed by atoms with E-state index in [0.717, 1.165) is 49.4 Å². The SMILES string of the molecule is O=C(N[C@@H](Cc1c2ccccc2cc2ccccc12)C(=O)O)C1c2ccccc2-c2ccccc21. The second-order valence-corrected chi connectivity index (χ2v) is 9.01. The normalized spacial score (nSPS) is 13.4. The van der Waals surface area contributed by atoms with Crippen molar-refractivity contribution < 1.29 is 14.7 Å². The molecular formula is C31H23NO3. The topological polar surface area (TPSA) is 66.4 Å². The van der Waals surface area contributed by atoms with Gasteiger partial charge in [-0.05, 0) is 55.4 Å². The fourth-order valence-corrected chi connectivity index (χ4v) is 5.43. The van der Waals surface area contributed by atoms with Gasteiger partial charge >= 0.3 is 5.97 Å². The zero-order valence-corrected chi connectivity index (χ0v) is 18.9. The first-order valence-electron chi connectivity index (χ1n) is 11.7. The summed E-state index contributed by atoms with van der Waals surface area (Å²) in [6, 6.07) is 32.7. The molecule has 0 saturated heterocycles. The zero-order valence-electron chi connectivity index (χ0n) is 18.9. The fourth-order valence-electron chi connectivity index (χ4n) is 5.43. The second kappa shape index (κ2) is 8.41. The van der Waals surface area contributed by atoms with E-state index in [-0.39, 0.29) is 12.3 Å². The summed E-state index contributed by atoms with van der Waals surface area (Å²) < 4.78 is 0. The van der Waals surface area contributed by atoms with Crippen LogP contribution in [0.2, 0.25) is 0 Å². The van der Waals surface area contributed by atoms with Crippen molar-refractivity contribution in [1.82, 2.24) is 5.32 Å². The highest BCUT2D eigenvalue weighted by Crippen LogP contribution is 2.44. The molecule has 5 aromatic carbocycles. The van der Waals surface area contributed by atoms with Gasteiger partial charge in [-0.1, -0.05) is 97.1 Å². The number of amides is 1. The van der Waals surface area contributed by atoms with Crippen molar-refractivity contribution in [3.8, 4) is 11.1 Å². The van der Waals surface area contributed by atoms with E-state index in [4.69, 9.17) is 0 Å². The number of rotatable bonds is 5. The number of nitrogens with one attached hydrogen (secondary N) is 1. The number of carboxylic acid groups (broad SMARTS) is 1. The van der Waals surface area contributed by atoms with Crippen molar-refractivity contribution in [3.63, 3.8) is 0 Å². The van der Waals surface area contributed by atoms with Gasteiger partial charge in [-0.25, -0.2) is 4.79 Å². The molecule has 0 aromatic heterocycles. The van der Waals surface area contributed by atoms with Crippen molar-refractivity contribution >= 4 is 33.4 Å². The van der Waals surface area contributed by atoms with Crippen molar-refractivity contribution in [2.24, 2.45) is 0 Å². The van der Waals surface area contributed by atoms with Gasteiger partial charge in [-0.2, -0.15) is 0 Å². The molecule has 6 rings (SSSR count). The predicted molar refractivity (Wildman–Crippen MR) is 138 cm³/mol. The standard InChI is InChI=1S/C31H23NO3/c33-30(29-25-15-7-5-13-23(25)24-14-6-8-16-26(24)29)32-28(31(34)35)18-27-21-11-3-1-9-19(21)17-20-10-2-4-12-22(20)27/h1-17,28-29H,18H2,(H,32,33)(H,34,35)/t28-/m0/s1. The number of hydrogen-bond donors (Lipinski definition) is 2. The van der Waals surface area contributed by atoms with Crippen LogP contribution in [0.15, 0.2) is 103 Å². The molecule has 0 saturated carbocycles. The first-order valence-corrected chi connectivity index (χ1v) is 11.7. The van der Waals surface area contributed by atoms with E-state index in [1.807, 2.05) is 97.1 Å². The predicted octanol–water partition coefficient (Wildman–Crippen LogP) is 5.92. The number of hydrogen-bond acceptors (Lipinski definition) is 2. The summed E-state index contributed by atoms with van der Waals surface area (Å²) in [6.45, 7) is 0. The largest absolute Gasteiger partial charge is 0.480 e. The molecule has 5 aromatic rings. The molecule has 35 heavy (non-hydrogen) atoms. The molecule has 170 valence electrons. The Hall–Kier alpha value is -4.44. The summed E-state index contributed by atoms with van der Waals surface area (Å²) in [5.41, 5.74) is 4.79. The molecule has 4 heteroatoms. The second-order valence-electron chi connectivity index (χ2n) is 9.01. The minimum absolute atomic E-state index is 0.193. The van der Waals surface area contributed by atoms with E-state index >= 15 is 0 Å². The van der Waals surface area contributed by atoms with Crippen molar-refractivity contribution in [2.75, 3.05) is 0 Å². The molecular weight excluding hydrogens is 434 g/mol. The van der Waals surface area contributed by atoms with E-state index in [1.54, 1.807) is 0 Å². The van der Waals surface area contributed by atoms with Crippen LogP contribution in [-0.2, 0) is 16.0 Å². The van der Waals surface area contributed by atoms with Crippen LogP contribution in [0.25, 0.3) is 32.7 Å². The maximum Gasteiger partial charge on any atom is 0.326 e. The Bertz CT molecular complexity index is 1520. The molecule has 1 atom stereocenters. The van der Waals surface area contributed by atoms with E-state index in [9.17, 15) is 14.7 Å². The minimum atomic E-state index is -1.06. The van der Waals surface area contributed by atoms with E-state index in [0.29, 0.717) is 0 Å². The maximum absolute atomic E-state index is 13.6. The van der Waals surface area contributed by atoms with E-state index in [1.165, 1.54) is 0 Å². The lowest BCUT2D eigenvalue weighted by atomic mass is 9.91. The average Bonchev–Trinajstić information content (AvgIpc) is 3.22. The van der Waals surface area contributed by atoms with Gasteiger partial charge in [0.25, 0.3) is 0 Å². The number of carboxylic acids is 1. The lowest BCUT2D eigenvalue weighted by Gasteiger charge is -2.21. The van der Waals surface area contributed by atoms with E-state index < -0.39 is 17.9 Å². The van der Waals surface area contributed by atoms with Gasteiger partial charge in [0.2, 0.25) is 5.91 Å². The Morgan fingerprint density at radius 1 is 0.714 bits per heavy atom. The Morgan fingerprint density at radius 2 is 1.20 bits per heavy atom. The van der Waals surface area contributed by atoms with Gasteiger partial charge in [0.05, 0.1) is 5.92 Å². The molecule has 1 aliphatic carbocycles. The summed E-state index contributed by atoms with van der Waals surface area (Å²) in [5.74, 6) is -1.87. The molecule has 0 radical (unpaired) electrons. The Labute approximate surface area is 202 Å². The third-order valence-electron chi connectivity index (χ3n) is 7.00. The first-order chi connectivity index (χ1) is 17.1. The maximum atomic E-state index is 13.6. The molecule has 1 aliphatic rings. The highest BCUT2D eigenvalue weighted by atomic mass is 16.4. The summed E-state index contributed by atoms with van der Waals surface area (Å²) in [7, 11) is 0. The smallest absolute Gasteiger partial charge is 0.326 e. The molecule has 4 nitrogen and oxygen atoms in total. The zero-order chi connectivity index (χ0) is 23.9. The van der Waals surface area contributed by atoms with Crippen molar-refractivity contribution in [2.45, 2.75) is 18.4 Å². The highest BCUT2D eigenvalue weighted by Gasteiger charge is 2.35. The van der Waals surface area contributed by atoms with E-state index in [2.05, 4.69) is 11.4 Å². The third-order valence-corrected chi connectivity index (χ3v) is 7.00. The molecule has 0 fully saturated rings. The molecule has 1 amide bonds. The van der Waals surface area contributed by atoms with Crippen LogP contribution in [0.3, 0.4) is 0 Å². The molecule has 2 N–H and O–H groups in total. The Morgan fingerprint density at radius 3 is 1.74 bits per heavy atom. The van der Waals surface area contributed by atoms with Crippen molar-refractivity contribution in [3.05, 3.63) is 120 Å². The fraction of sp³-hybridized carbons (Fsp3) is 0.0968. The lowest BCUT2D eigenvalue weighted by Crippen LogP contribution is -2.44. The van der Waals surface area contributed by atoms with Gasteiger partial charge in [0.1, 0.15) is 6.04 Å². The Kier molecular flexibility index (Phi) is 5.07. The quantitative estimate of drug-likeness (QED) is 0.322. The third kappa shape index (κ3) is 3.55. The molecule has 0 spiro atoms. The van der Waals surface area contributed by atoms with Crippen molar-refractivity contribution in [1.29, 1.82) is 0 Å². The molecule has 0 aliphatic heterocycles. The summed E-state index contributed by atoms with van der Waals surface area (Å²) in [4.78, 5) is 26.0. The summed E-state index contributed by atoms with van der Waals surface area (Å²) >= 11 is 0. The van der Waals surface area contributed by atoms with Crippen LogP contribution in [-0.4, -0.2) is 23.0 Å². The van der Waals surface area contributed by atoms with Gasteiger partial charge in [0.15, 0.2) is 0 Å². The average molecular weight is 458 g/mol. The van der Waals surface area contributed by atoms with Gasteiger partial charge in [-0.3, -0.25) is 4.79 Å². The monoisotopic (exact) mass is 457 g/mol. The van der Waals surface area contributed by atoms with Crippen LogP contribution >= 0.6 is 0 Å². The lowest BCUT2D eigenvalue weighted by molar-refractivity contribution is -0.141. The molecule has 0 bridgehead atoms. The Balaban J connectivity index is 1.39. The van der Waals surface area contributed by atoms with Crippen LogP contribution in [0.1, 0.15) is 22.6 Å². The first kappa shape index (κ1) is 21.1. The van der Waals surface area contributed by atoms with Gasteiger partial charge in [0, 0.05) is 6.42 Å². The minimum Gasteiger partial charge on any atom is -0.480 e. The summed E-state index contributed by atoms with van der Waals surface area (Å²) in [5, 5.41) is 17.1. The number of benzene rings is 5. The number of fused-ring (bicyclic) bond motifs is 5. The van der Waals surface area contributed by atoms with Crippen LogP contribution in [0.4, 0.5) is 0 Å². The summed E-state index contributed by atoms with van der Waals surface area (Å²) in [6.07, 6.45) is 0.193. The number of carbonyl (C=O) groups is 2. The number of carbonyl (C=O) groups excluding carboxylic acids is 1. The van der Waals surface area contributed by atoms with Crippen LogP contribution < -0.4 is 5.32 Å². The van der Waals surface area contributed by atoms with Crippen LogP contribution in [0, 0.1) is 0 Å². The number of aliphatic carboxylic acids is 1. The molecule has 0 unspecified atom stereocenters. The van der Waals surface area contributed by atoms with Crippen LogP contribution in [0.5, 0.6) is 0 Å². The van der Waals surface area contributed by atoms with Gasteiger partial charge in [-0.15, -0.1) is 0 Å². The molecule has 0 heterocycles.